The molecule has 4 heteroatoms. The third-order valence-corrected chi connectivity index (χ3v) is 3.63. The molecule has 0 aliphatic carbocycles. The van der Waals surface area contributed by atoms with Gasteiger partial charge in [-0.2, -0.15) is 0 Å². The summed E-state index contributed by atoms with van der Waals surface area (Å²) >= 11 is 6.10. The van der Waals surface area contributed by atoms with Crippen molar-refractivity contribution < 1.29 is 9.53 Å². The zero-order chi connectivity index (χ0) is 15.8. The number of halogens is 1. The molecule has 22 heavy (non-hydrogen) atoms. The van der Waals surface area contributed by atoms with Gasteiger partial charge in [0.05, 0.1) is 0 Å². The lowest BCUT2D eigenvalue weighted by molar-refractivity contribution is 0.0952. The Bertz CT molecular complexity index is 628. The predicted octanol–water partition coefficient (Wildman–Crippen LogP) is 4.45. The summed E-state index contributed by atoms with van der Waals surface area (Å²) in [6.07, 6.45) is 2.04. The number of rotatable bonds is 7. The van der Waals surface area contributed by atoms with Gasteiger partial charge in [0.1, 0.15) is 12.4 Å². The highest BCUT2D eigenvalue weighted by molar-refractivity contribution is 6.31. The van der Waals surface area contributed by atoms with E-state index in [-0.39, 0.29) is 5.91 Å². The smallest absolute Gasteiger partial charge is 0.251 e. The molecule has 0 atom stereocenters. The second-order valence-corrected chi connectivity index (χ2v) is 5.42. The molecule has 0 fully saturated rings. The van der Waals surface area contributed by atoms with Crippen LogP contribution in [0, 0.1) is 0 Å². The monoisotopic (exact) mass is 317 g/mol. The predicted molar refractivity (Wildman–Crippen MR) is 89.5 cm³/mol. The van der Waals surface area contributed by atoms with Gasteiger partial charge in [-0.25, -0.2) is 0 Å². The molecule has 0 aromatic heterocycles. The van der Waals surface area contributed by atoms with Crippen LogP contribution in [0.4, 0.5) is 0 Å². The molecule has 0 bridgehead atoms. The Morgan fingerprint density at radius 2 is 2.00 bits per heavy atom. The number of carbonyl (C=O) groups is 1. The summed E-state index contributed by atoms with van der Waals surface area (Å²) in [5.74, 6) is 0.583. The van der Waals surface area contributed by atoms with E-state index in [0.29, 0.717) is 29.5 Å². The molecule has 0 aliphatic rings. The van der Waals surface area contributed by atoms with Crippen LogP contribution in [0.5, 0.6) is 5.75 Å². The van der Waals surface area contributed by atoms with E-state index in [1.165, 1.54) is 0 Å². The molecular formula is C18H20ClNO2. The van der Waals surface area contributed by atoms with E-state index in [1.54, 1.807) is 12.1 Å². The summed E-state index contributed by atoms with van der Waals surface area (Å²) in [5, 5.41) is 3.57. The quantitative estimate of drug-likeness (QED) is 0.766. The fourth-order valence-electron chi connectivity index (χ4n) is 1.98. The van der Waals surface area contributed by atoms with E-state index in [0.717, 1.165) is 18.4 Å². The molecular weight excluding hydrogens is 298 g/mol. The van der Waals surface area contributed by atoms with Gasteiger partial charge in [0.25, 0.3) is 5.91 Å². The van der Waals surface area contributed by atoms with Gasteiger partial charge in [-0.1, -0.05) is 49.2 Å². The van der Waals surface area contributed by atoms with Gasteiger partial charge in [0.15, 0.2) is 0 Å². The average Bonchev–Trinajstić information content (AvgIpc) is 2.54. The third-order valence-electron chi connectivity index (χ3n) is 3.26. The number of hydrogen-bond donors (Lipinski definition) is 1. The van der Waals surface area contributed by atoms with E-state index >= 15 is 0 Å². The molecule has 1 amide bonds. The third kappa shape index (κ3) is 4.78. The summed E-state index contributed by atoms with van der Waals surface area (Å²) in [7, 11) is 0. The van der Waals surface area contributed by atoms with Crippen molar-refractivity contribution in [2.45, 2.75) is 26.4 Å². The molecule has 2 rings (SSSR count). The van der Waals surface area contributed by atoms with Crippen molar-refractivity contribution in [1.82, 2.24) is 5.32 Å². The van der Waals surface area contributed by atoms with Gasteiger partial charge in [-0.3, -0.25) is 4.79 Å². The minimum absolute atomic E-state index is 0.0726. The highest BCUT2D eigenvalue weighted by Gasteiger charge is 2.06. The van der Waals surface area contributed by atoms with Gasteiger partial charge in [0, 0.05) is 22.7 Å². The standard InChI is InChI=1S/C18H20ClNO2/c1-2-3-11-20-18(21)14-8-6-9-16(12-14)22-13-15-7-4-5-10-17(15)19/h4-10,12H,2-3,11,13H2,1H3,(H,20,21). The molecule has 0 radical (unpaired) electrons. The lowest BCUT2D eigenvalue weighted by Crippen LogP contribution is -2.24. The fourth-order valence-corrected chi connectivity index (χ4v) is 2.17. The molecule has 0 heterocycles. The highest BCUT2D eigenvalue weighted by atomic mass is 35.5. The zero-order valence-corrected chi connectivity index (χ0v) is 13.4. The highest BCUT2D eigenvalue weighted by Crippen LogP contribution is 2.19. The van der Waals surface area contributed by atoms with Crippen molar-refractivity contribution in [2.75, 3.05) is 6.54 Å². The second kappa shape index (κ2) is 8.44. The van der Waals surface area contributed by atoms with Crippen LogP contribution in [0.25, 0.3) is 0 Å². The number of hydrogen-bond acceptors (Lipinski definition) is 2. The van der Waals surface area contributed by atoms with Gasteiger partial charge >= 0.3 is 0 Å². The van der Waals surface area contributed by atoms with Crippen LogP contribution in [0.1, 0.15) is 35.7 Å². The maximum absolute atomic E-state index is 12.0. The van der Waals surface area contributed by atoms with Crippen molar-refractivity contribution in [3.05, 3.63) is 64.7 Å². The van der Waals surface area contributed by atoms with Gasteiger partial charge < -0.3 is 10.1 Å². The summed E-state index contributed by atoms with van der Waals surface area (Å²) < 4.78 is 5.72. The van der Waals surface area contributed by atoms with Crippen LogP contribution < -0.4 is 10.1 Å². The Balaban J connectivity index is 1.96. The summed E-state index contributed by atoms with van der Waals surface area (Å²) in [4.78, 5) is 12.0. The van der Waals surface area contributed by atoms with Crippen molar-refractivity contribution in [3.8, 4) is 5.75 Å². The second-order valence-electron chi connectivity index (χ2n) is 5.02. The molecule has 116 valence electrons. The Morgan fingerprint density at radius 3 is 2.77 bits per heavy atom. The van der Waals surface area contributed by atoms with E-state index in [9.17, 15) is 4.79 Å². The number of unbranched alkanes of at least 4 members (excludes halogenated alkanes) is 1. The molecule has 2 aromatic carbocycles. The molecule has 0 spiro atoms. The molecule has 0 aliphatic heterocycles. The molecule has 3 nitrogen and oxygen atoms in total. The number of carbonyl (C=O) groups excluding carboxylic acids is 1. The first-order valence-corrected chi connectivity index (χ1v) is 7.83. The van der Waals surface area contributed by atoms with E-state index in [2.05, 4.69) is 12.2 Å². The Morgan fingerprint density at radius 1 is 1.18 bits per heavy atom. The van der Waals surface area contributed by atoms with Crippen molar-refractivity contribution >= 4 is 17.5 Å². The van der Waals surface area contributed by atoms with Gasteiger partial charge in [-0.15, -0.1) is 0 Å². The minimum Gasteiger partial charge on any atom is -0.489 e. The average molecular weight is 318 g/mol. The first-order valence-electron chi connectivity index (χ1n) is 7.45. The molecule has 0 unspecified atom stereocenters. The van der Waals surface area contributed by atoms with Gasteiger partial charge in [0.2, 0.25) is 0 Å². The Hall–Kier alpha value is -2.00. The number of nitrogens with one attached hydrogen (secondary N) is 1. The normalized spacial score (nSPS) is 10.3. The summed E-state index contributed by atoms with van der Waals surface area (Å²) in [5.41, 5.74) is 1.52. The van der Waals surface area contributed by atoms with Crippen molar-refractivity contribution in [3.63, 3.8) is 0 Å². The topological polar surface area (TPSA) is 38.3 Å². The molecule has 0 saturated heterocycles. The number of amides is 1. The maximum atomic E-state index is 12.0. The largest absolute Gasteiger partial charge is 0.489 e. The van der Waals surface area contributed by atoms with Crippen LogP contribution in [0.2, 0.25) is 5.02 Å². The van der Waals surface area contributed by atoms with E-state index < -0.39 is 0 Å². The minimum atomic E-state index is -0.0726. The van der Waals surface area contributed by atoms with Crippen molar-refractivity contribution in [2.24, 2.45) is 0 Å². The molecule has 0 saturated carbocycles. The number of ether oxygens (including phenoxy) is 1. The lowest BCUT2D eigenvalue weighted by atomic mass is 10.2. The van der Waals surface area contributed by atoms with Crippen LogP contribution in [0.15, 0.2) is 48.5 Å². The van der Waals surface area contributed by atoms with Gasteiger partial charge in [-0.05, 0) is 30.7 Å². The Labute approximate surface area is 136 Å². The van der Waals surface area contributed by atoms with Crippen molar-refractivity contribution in [1.29, 1.82) is 0 Å². The maximum Gasteiger partial charge on any atom is 0.251 e. The van der Waals surface area contributed by atoms with Crippen LogP contribution >= 0.6 is 11.6 Å². The first kappa shape index (κ1) is 16.4. The SMILES string of the molecule is CCCCNC(=O)c1cccc(OCc2ccccc2Cl)c1. The lowest BCUT2D eigenvalue weighted by Gasteiger charge is -2.09. The van der Waals surface area contributed by atoms with E-state index in [1.807, 2.05) is 36.4 Å². The van der Waals surface area contributed by atoms with Crippen LogP contribution in [-0.2, 0) is 6.61 Å². The van der Waals surface area contributed by atoms with Crippen LogP contribution in [0.3, 0.4) is 0 Å². The Kier molecular flexibility index (Phi) is 6.28. The fraction of sp³-hybridized carbons (Fsp3) is 0.278. The number of benzene rings is 2. The van der Waals surface area contributed by atoms with E-state index in [4.69, 9.17) is 16.3 Å². The molecule has 1 N–H and O–H groups in total. The summed E-state index contributed by atoms with van der Waals surface area (Å²) in [6, 6.07) is 14.7. The zero-order valence-electron chi connectivity index (χ0n) is 12.6. The first-order chi connectivity index (χ1) is 10.7. The summed E-state index contributed by atoms with van der Waals surface area (Å²) in [6.45, 7) is 3.16. The molecule has 2 aromatic rings. The van der Waals surface area contributed by atoms with Crippen LogP contribution in [-0.4, -0.2) is 12.5 Å².